The fourth-order valence-electron chi connectivity index (χ4n) is 4.99. The van der Waals surface area contributed by atoms with E-state index < -0.39 is 32.2 Å². The molecule has 10 nitrogen and oxygen atoms in total. The van der Waals surface area contributed by atoms with Crippen LogP contribution in [0.2, 0.25) is 25.7 Å². The number of ether oxygens (including phenoxy) is 3. The second kappa shape index (κ2) is 16.7. The molecule has 240 valence electrons. The number of amides is 2. The highest BCUT2D eigenvalue weighted by Crippen LogP contribution is 2.23. The Labute approximate surface area is 269 Å². The fourth-order valence-corrected chi connectivity index (χ4v) is 6.29. The smallest absolute Gasteiger partial charge is 0.407 e. The number of carbonyl (C=O) groups excluding carboxylic acids is 4. The summed E-state index contributed by atoms with van der Waals surface area (Å²) in [7, 11) is -0.101. The van der Waals surface area contributed by atoms with E-state index >= 15 is 0 Å². The van der Waals surface area contributed by atoms with E-state index in [1.807, 2.05) is 53.5 Å². The average Bonchev–Trinajstić information content (AvgIpc) is 2.97. The van der Waals surface area contributed by atoms with Crippen molar-refractivity contribution in [1.29, 1.82) is 0 Å². The predicted molar refractivity (Wildman–Crippen MR) is 173 cm³/mol. The van der Waals surface area contributed by atoms with E-state index in [-0.39, 0.29) is 24.9 Å². The number of nitrogens with zero attached hydrogens (tertiary/aromatic N) is 2. The molecule has 0 bridgehead atoms. The van der Waals surface area contributed by atoms with Gasteiger partial charge in [0, 0.05) is 39.0 Å². The Kier molecular flexibility index (Phi) is 13.4. The van der Waals surface area contributed by atoms with E-state index in [9.17, 15) is 19.2 Å². The maximum Gasteiger partial charge on any atom is 0.407 e. The SMILES string of the molecule is COC(=O)[C@H](Cc1cc(Br)cc(CCN2[C@@H](C(=O)OCc3ccccc3)CCCN2C(C)=O)c1)NC(=O)OCC[Si](C)(C)C. The summed E-state index contributed by atoms with van der Waals surface area (Å²) in [4.78, 5) is 50.7. The lowest BCUT2D eigenvalue weighted by molar-refractivity contribution is -0.174. The van der Waals surface area contributed by atoms with Gasteiger partial charge in [-0.15, -0.1) is 0 Å². The van der Waals surface area contributed by atoms with Crippen LogP contribution in [0, 0.1) is 0 Å². The predicted octanol–water partition coefficient (Wildman–Crippen LogP) is 5.11. The highest BCUT2D eigenvalue weighted by molar-refractivity contribution is 9.10. The van der Waals surface area contributed by atoms with Crippen molar-refractivity contribution in [2.75, 3.05) is 26.8 Å². The van der Waals surface area contributed by atoms with Gasteiger partial charge in [0.1, 0.15) is 18.7 Å². The third kappa shape index (κ3) is 11.4. The highest BCUT2D eigenvalue weighted by Gasteiger charge is 2.36. The molecule has 2 aromatic carbocycles. The van der Waals surface area contributed by atoms with Gasteiger partial charge in [-0.3, -0.25) is 14.6 Å². The van der Waals surface area contributed by atoms with Gasteiger partial charge in [-0.1, -0.05) is 72.0 Å². The monoisotopic (exact) mass is 689 g/mol. The van der Waals surface area contributed by atoms with Crippen molar-refractivity contribution in [3.8, 4) is 0 Å². The lowest BCUT2D eigenvalue weighted by atomic mass is 10.0. The molecule has 0 spiro atoms. The van der Waals surface area contributed by atoms with Crippen LogP contribution < -0.4 is 5.32 Å². The van der Waals surface area contributed by atoms with Crippen LogP contribution >= 0.6 is 15.9 Å². The maximum absolute atomic E-state index is 13.2. The van der Waals surface area contributed by atoms with Crippen molar-refractivity contribution in [1.82, 2.24) is 15.3 Å². The molecule has 1 fully saturated rings. The number of rotatable bonds is 13. The lowest BCUT2D eigenvalue weighted by Crippen LogP contribution is -2.58. The molecule has 1 heterocycles. The standard InChI is InChI=1S/C32H44BrN3O7Si/c1-23(37)35-14-9-12-29(31(39)43-22-24-10-7-6-8-11-24)36(35)15-13-25-18-26(20-27(33)19-25)21-28(30(38)41-2)34-32(40)42-16-17-44(3,4)5/h6-8,10-11,18-20,28-29H,9,12-17,21-22H2,1-5H3,(H,34,40)/t28-,29+/m0/s1. The van der Waals surface area contributed by atoms with Gasteiger partial charge in [-0.2, -0.15) is 0 Å². The van der Waals surface area contributed by atoms with E-state index in [0.29, 0.717) is 39.0 Å². The molecule has 1 N–H and O–H groups in total. The largest absolute Gasteiger partial charge is 0.467 e. The number of hydrogen-bond acceptors (Lipinski definition) is 8. The zero-order valence-corrected chi connectivity index (χ0v) is 28.9. The summed E-state index contributed by atoms with van der Waals surface area (Å²) in [5, 5.41) is 6.09. The molecule has 44 heavy (non-hydrogen) atoms. The second-order valence-corrected chi connectivity index (χ2v) is 18.7. The number of alkyl carbamates (subject to hydrolysis) is 1. The molecule has 2 atom stereocenters. The van der Waals surface area contributed by atoms with E-state index in [1.165, 1.54) is 14.0 Å². The summed E-state index contributed by atoms with van der Waals surface area (Å²) in [5.74, 6) is -1.07. The number of carbonyl (C=O) groups is 4. The van der Waals surface area contributed by atoms with Gasteiger partial charge in [-0.25, -0.2) is 14.6 Å². The Balaban J connectivity index is 1.69. The molecule has 2 amide bonds. The van der Waals surface area contributed by atoms with Crippen molar-refractivity contribution in [3.05, 3.63) is 69.7 Å². The van der Waals surface area contributed by atoms with Gasteiger partial charge in [0.25, 0.3) is 0 Å². The third-order valence-corrected chi connectivity index (χ3v) is 9.49. The zero-order chi connectivity index (χ0) is 32.3. The van der Waals surface area contributed by atoms with Gasteiger partial charge in [0.2, 0.25) is 5.91 Å². The first kappa shape index (κ1) is 35.3. The van der Waals surface area contributed by atoms with Crippen molar-refractivity contribution in [2.24, 2.45) is 0 Å². The molecule has 2 aromatic rings. The van der Waals surface area contributed by atoms with Crippen LogP contribution in [0.5, 0.6) is 0 Å². The lowest BCUT2D eigenvalue weighted by Gasteiger charge is -2.42. The molecule has 3 rings (SSSR count). The second-order valence-electron chi connectivity index (χ2n) is 12.1. The van der Waals surface area contributed by atoms with E-state index in [4.69, 9.17) is 14.2 Å². The van der Waals surface area contributed by atoms with E-state index in [0.717, 1.165) is 27.2 Å². The molecule has 0 aliphatic carbocycles. The van der Waals surface area contributed by atoms with Crippen LogP contribution in [0.1, 0.15) is 36.5 Å². The van der Waals surface area contributed by atoms with Crippen LogP contribution in [0.15, 0.2) is 53.0 Å². The van der Waals surface area contributed by atoms with Gasteiger partial charge in [0.05, 0.1) is 13.7 Å². The summed E-state index contributed by atoms with van der Waals surface area (Å²) in [5.41, 5.74) is 2.63. The highest BCUT2D eigenvalue weighted by atomic mass is 79.9. The Hall–Kier alpha value is -3.22. The number of nitrogens with one attached hydrogen (secondary N) is 1. The third-order valence-electron chi connectivity index (χ3n) is 7.33. The van der Waals surface area contributed by atoms with Crippen molar-refractivity contribution in [2.45, 2.75) is 77.0 Å². The van der Waals surface area contributed by atoms with Gasteiger partial charge in [0.15, 0.2) is 0 Å². The van der Waals surface area contributed by atoms with Crippen molar-refractivity contribution in [3.63, 3.8) is 0 Å². The summed E-state index contributed by atoms with van der Waals surface area (Å²) >= 11 is 3.56. The maximum atomic E-state index is 13.2. The first-order chi connectivity index (χ1) is 20.9. The van der Waals surface area contributed by atoms with Crippen LogP contribution in [-0.2, 0) is 48.0 Å². The molecule has 0 aromatic heterocycles. The van der Waals surface area contributed by atoms with Crippen LogP contribution in [0.4, 0.5) is 4.79 Å². The van der Waals surface area contributed by atoms with Crippen molar-refractivity contribution >= 4 is 47.9 Å². The van der Waals surface area contributed by atoms with Gasteiger partial charge >= 0.3 is 18.0 Å². The summed E-state index contributed by atoms with van der Waals surface area (Å²) in [6.45, 7) is 9.47. The Bertz CT molecular complexity index is 1290. The molecule has 0 unspecified atom stereocenters. The number of hydrogen-bond donors (Lipinski definition) is 1. The minimum atomic E-state index is -1.38. The van der Waals surface area contributed by atoms with E-state index in [2.05, 4.69) is 40.9 Å². The summed E-state index contributed by atoms with van der Waals surface area (Å²) < 4.78 is 16.7. The van der Waals surface area contributed by atoms with Gasteiger partial charge in [-0.05, 0) is 54.1 Å². The molecule has 1 aliphatic rings. The Morgan fingerprint density at radius 3 is 2.39 bits per heavy atom. The Morgan fingerprint density at radius 2 is 1.73 bits per heavy atom. The Morgan fingerprint density at radius 1 is 1.02 bits per heavy atom. The number of halogens is 1. The average molecular weight is 691 g/mol. The number of methoxy groups -OCH3 is 1. The molecule has 1 saturated heterocycles. The zero-order valence-electron chi connectivity index (χ0n) is 26.3. The normalized spacial score (nSPS) is 16.1. The van der Waals surface area contributed by atoms with Crippen LogP contribution in [-0.4, -0.2) is 80.9 Å². The molecule has 12 heteroatoms. The molecule has 0 saturated carbocycles. The number of hydrazine groups is 1. The molecule has 1 aliphatic heterocycles. The summed E-state index contributed by atoms with van der Waals surface area (Å²) in [6, 6.07) is 14.6. The summed E-state index contributed by atoms with van der Waals surface area (Å²) in [6.07, 6.45) is 1.34. The topological polar surface area (TPSA) is 114 Å². The molecular weight excluding hydrogens is 646 g/mol. The van der Waals surface area contributed by atoms with Crippen LogP contribution in [0.25, 0.3) is 0 Å². The quantitative estimate of drug-likeness (QED) is 0.175. The van der Waals surface area contributed by atoms with Crippen molar-refractivity contribution < 1.29 is 33.4 Å². The minimum absolute atomic E-state index is 0.135. The van der Waals surface area contributed by atoms with Crippen LogP contribution in [0.3, 0.4) is 0 Å². The first-order valence-electron chi connectivity index (χ1n) is 14.9. The van der Waals surface area contributed by atoms with Gasteiger partial charge < -0.3 is 19.5 Å². The minimum Gasteiger partial charge on any atom is -0.467 e. The fraction of sp³-hybridized carbons (Fsp3) is 0.500. The number of esters is 2. The molecule has 0 radical (unpaired) electrons. The first-order valence-corrected chi connectivity index (χ1v) is 19.4. The van der Waals surface area contributed by atoms with E-state index in [1.54, 1.807) is 5.01 Å². The number of benzene rings is 2. The molecular formula is C32H44BrN3O7Si.